The number of carbonyl (C=O) groups excluding carboxylic acids is 1. The normalized spacial score (nSPS) is 16.9. The predicted molar refractivity (Wildman–Crippen MR) is 76.4 cm³/mol. The Labute approximate surface area is 113 Å². The van der Waals surface area contributed by atoms with Crippen LogP contribution in [-0.4, -0.2) is 17.4 Å². The number of urea groups is 1. The average molecular weight is 260 g/mol. The van der Waals surface area contributed by atoms with Gasteiger partial charge in [0.25, 0.3) is 0 Å². The first-order chi connectivity index (χ1) is 9.02. The van der Waals surface area contributed by atoms with Crippen LogP contribution in [0.2, 0.25) is 0 Å². The molecule has 2 amide bonds. The lowest BCUT2D eigenvalue weighted by Crippen LogP contribution is -2.56. The first-order valence-corrected chi connectivity index (χ1v) is 6.52. The van der Waals surface area contributed by atoms with Gasteiger partial charge < -0.3 is 16.4 Å². The second-order valence-electron chi connectivity index (χ2n) is 5.15. The van der Waals surface area contributed by atoms with Crippen LogP contribution in [0.4, 0.5) is 10.5 Å². The number of hydrogen-bond acceptors (Lipinski definition) is 2. The van der Waals surface area contributed by atoms with Crippen LogP contribution in [0.3, 0.4) is 0 Å². The van der Waals surface area contributed by atoms with Gasteiger partial charge in [-0.3, -0.25) is 5.41 Å². The van der Waals surface area contributed by atoms with Crippen molar-refractivity contribution < 1.29 is 4.79 Å². The van der Waals surface area contributed by atoms with E-state index in [0.717, 1.165) is 36.9 Å². The zero-order valence-electron chi connectivity index (χ0n) is 11.1. The highest BCUT2D eigenvalue weighted by Crippen LogP contribution is 2.29. The van der Waals surface area contributed by atoms with E-state index >= 15 is 0 Å². The van der Waals surface area contributed by atoms with Crippen molar-refractivity contribution in [3.05, 3.63) is 29.8 Å². The number of benzene rings is 1. The van der Waals surface area contributed by atoms with Crippen LogP contribution in [0.1, 0.15) is 31.2 Å². The van der Waals surface area contributed by atoms with Gasteiger partial charge in [-0.2, -0.15) is 0 Å². The van der Waals surface area contributed by atoms with E-state index in [2.05, 4.69) is 10.6 Å². The average Bonchev–Trinajstić information content (AvgIpc) is 2.78. The summed E-state index contributed by atoms with van der Waals surface area (Å²) >= 11 is 0. The van der Waals surface area contributed by atoms with E-state index in [9.17, 15) is 4.79 Å². The smallest absolute Gasteiger partial charge is 0.320 e. The van der Waals surface area contributed by atoms with Crippen LogP contribution in [0.5, 0.6) is 0 Å². The lowest BCUT2D eigenvalue weighted by Gasteiger charge is -2.28. The number of rotatable bonds is 3. The Morgan fingerprint density at radius 1 is 1.37 bits per heavy atom. The number of amidine groups is 1. The third-order valence-corrected chi connectivity index (χ3v) is 3.60. The van der Waals surface area contributed by atoms with E-state index in [4.69, 9.17) is 11.1 Å². The van der Waals surface area contributed by atoms with Crippen LogP contribution in [0, 0.1) is 12.3 Å². The first-order valence-electron chi connectivity index (χ1n) is 6.52. The van der Waals surface area contributed by atoms with Gasteiger partial charge in [0.15, 0.2) is 0 Å². The topological polar surface area (TPSA) is 91.0 Å². The van der Waals surface area contributed by atoms with E-state index < -0.39 is 5.54 Å². The molecule has 1 aliphatic carbocycles. The quantitative estimate of drug-likeness (QED) is 0.496. The van der Waals surface area contributed by atoms with E-state index in [1.54, 1.807) is 0 Å². The van der Waals surface area contributed by atoms with Crippen molar-refractivity contribution in [2.45, 2.75) is 38.1 Å². The molecule has 19 heavy (non-hydrogen) atoms. The summed E-state index contributed by atoms with van der Waals surface area (Å²) in [6.07, 6.45) is 3.46. The molecule has 0 saturated heterocycles. The van der Waals surface area contributed by atoms with Crippen molar-refractivity contribution in [1.29, 1.82) is 5.41 Å². The number of anilines is 1. The van der Waals surface area contributed by atoms with Crippen molar-refractivity contribution in [1.82, 2.24) is 5.32 Å². The summed E-state index contributed by atoms with van der Waals surface area (Å²) in [7, 11) is 0. The van der Waals surface area contributed by atoms with Gasteiger partial charge in [-0.1, -0.05) is 25.0 Å². The van der Waals surface area contributed by atoms with E-state index in [1.807, 2.05) is 31.2 Å². The Morgan fingerprint density at radius 2 is 2.05 bits per heavy atom. The number of nitrogens with two attached hydrogens (primary N) is 1. The highest BCUT2D eigenvalue weighted by molar-refractivity contribution is 5.96. The van der Waals surface area contributed by atoms with Crippen LogP contribution in [0.25, 0.3) is 0 Å². The highest BCUT2D eigenvalue weighted by Gasteiger charge is 2.38. The van der Waals surface area contributed by atoms with Crippen molar-refractivity contribution in [2.24, 2.45) is 5.73 Å². The largest absolute Gasteiger partial charge is 0.386 e. The van der Waals surface area contributed by atoms with Gasteiger partial charge in [0.2, 0.25) is 0 Å². The molecule has 1 saturated carbocycles. The Morgan fingerprint density at radius 3 is 2.63 bits per heavy atom. The summed E-state index contributed by atoms with van der Waals surface area (Å²) in [5.74, 6) is 0.0457. The second-order valence-corrected chi connectivity index (χ2v) is 5.15. The summed E-state index contributed by atoms with van der Waals surface area (Å²) < 4.78 is 0. The fraction of sp³-hybridized carbons (Fsp3) is 0.429. The SMILES string of the molecule is Cc1cccc(NC(=O)NC2(C(=N)N)CCCC2)c1. The lowest BCUT2D eigenvalue weighted by atomic mass is 9.96. The molecule has 0 radical (unpaired) electrons. The molecule has 0 spiro atoms. The van der Waals surface area contributed by atoms with Crippen molar-refractivity contribution in [3.8, 4) is 0 Å². The molecule has 0 unspecified atom stereocenters. The molecular weight excluding hydrogens is 240 g/mol. The molecule has 102 valence electrons. The zero-order valence-corrected chi connectivity index (χ0v) is 11.1. The Balaban J connectivity index is 2.02. The van der Waals surface area contributed by atoms with Crippen LogP contribution in [-0.2, 0) is 0 Å². The molecule has 5 nitrogen and oxygen atoms in total. The molecule has 1 aromatic rings. The van der Waals surface area contributed by atoms with Crippen molar-refractivity contribution in [2.75, 3.05) is 5.32 Å². The molecule has 0 heterocycles. The standard InChI is InChI=1S/C14H20N4O/c1-10-5-4-6-11(9-10)17-13(19)18-14(12(15)16)7-2-3-8-14/h4-6,9H,2-3,7-8H2,1H3,(H3,15,16)(H2,17,18,19). The summed E-state index contributed by atoms with van der Waals surface area (Å²) in [4.78, 5) is 12.0. The predicted octanol–water partition coefficient (Wildman–Crippen LogP) is 2.37. The number of amides is 2. The molecule has 5 heteroatoms. The van der Waals surface area contributed by atoms with Gasteiger partial charge in [-0.05, 0) is 37.5 Å². The first kappa shape index (κ1) is 13.4. The van der Waals surface area contributed by atoms with E-state index in [1.165, 1.54) is 0 Å². The minimum Gasteiger partial charge on any atom is -0.386 e. The summed E-state index contributed by atoms with van der Waals surface area (Å²) in [5, 5.41) is 13.3. The number of nitrogens with one attached hydrogen (secondary N) is 3. The summed E-state index contributed by atoms with van der Waals surface area (Å²) in [6, 6.07) is 7.29. The monoisotopic (exact) mass is 260 g/mol. The summed E-state index contributed by atoms with van der Waals surface area (Å²) in [5.41, 5.74) is 6.81. The molecule has 0 aromatic heterocycles. The van der Waals surface area contributed by atoms with Crippen molar-refractivity contribution in [3.63, 3.8) is 0 Å². The maximum absolute atomic E-state index is 12.0. The maximum atomic E-state index is 12.0. The van der Waals surface area contributed by atoms with Gasteiger partial charge in [-0.15, -0.1) is 0 Å². The van der Waals surface area contributed by atoms with Gasteiger partial charge in [0.1, 0.15) is 5.84 Å². The number of carbonyl (C=O) groups is 1. The molecule has 1 fully saturated rings. The molecule has 0 aliphatic heterocycles. The van der Waals surface area contributed by atoms with Crippen LogP contribution in [0.15, 0.2) is 24.3 Å². The summed E-state index contributed by atoms with van der Waals surface area (Å²) in [6.45, 7) is 1.97. The molecular formula is C14H20N4O. The fourth-order valence-corrected chi connectivity index (χ4v) is 2.54. The third kappa shape index (κ3) is 3.05. The Hall–Kier alpha value is -2.04. The second kappa shape index (κ2) is 5.30. The Bertz CT molecular complexity index is 492. The number of aryl methyl sites for hydroxylation is 1. The number of hydrogen-bond donors (Lipinski definition) is 4. The maximum Gasteiger partial charge on any atom is 0.320 e. The molecule has 0 bridgehead atoms. The molecule has 0 atom stereocenters. The van der Waals surface area contributed by atoms with Crippen molar-refractivity contribution >= 4 is 17.6 Å². The highest BCUT2D eigenvalue weighted by atomic mass is 16.2. The minimum atomic E-state index is -0.659. The van der Waals surface area contributed by atoms with Gasteiger partial charge in [-0.25, -0.2) is 4.79 Å². The minimum absolute atomic E-state index is 0.0457. The van der Waals surface area contributed by atoms with Gasteiger partial charge >= 0.3 is 6.03 Å². The third-order valence-electron chi connectivity index (χ3n) is 3.60. The fourth-order valence-electron chi connectivity index (χ4n) is 2.54. The van der Waals surface area contributed by atoms with E-state index in [0.29, 0.717) is 0 Å². The van der Waals surface area contributed by atoms with Gasteiger partial charge in [0.05, 0.1) is 5.54 Å². The van der Waals surface area contributed by atoms with Crippen LogP contribution < -0.4 is 16.4 Å². The lowest BCUT2D eigenvalue weighted by molar-refractivity contribution is 0.244. The Kier molecular flexibility index (Phi) is 3.74. The molecule has 1 aromatic carbocycles. The molecule has 5 N–H and O–H groups in total. The van der Waals surface area contributed by atoms with Crippen LogP contribution >= 0.6 is 0 Å². The van der Waals surface area contributed by atoms with E-state index in [-0.39, 0.29) is 11.9 Å². The molecule has 1 aliphatic rings. The molecule has 2 rings (SSSR count). The van der Waals surface area contributed by atoms with Gasteiger partial charge in [0, 0.05) is 5.69 Å². The zero-order chi connectivity index (χ0) is 13.9.